The molecule has 0 radical (unpaired) electrons. The Kier molecular flexibility index (Phi) is 3.90. The number of aromatic hydroxyl groups is 2. The third-order valence-corrected chi connectivity index (χ3v) is 6.53. The van der Waals surface area contributed by atoms with Crippen LogP contribution in [0.2, 0.25) is 0 Å². The Morgan fingerprint density at radius 1 is 0.727 bits per heavy atom. The van der Waals surface area contributed by atoms with Crippen LogP contribution in [0.15, 0.2) is 72.8 Å². The van der Waals surface area contributed by atoms with E-state index in [1.54, 1.807) is 30.3 Å². The van der Waals surface area contributed by atoms with E-state index in [2.05, 4.69) is 0 Å². The summed E-state index contributed by atoms with van der Waals surface area (Å²) in [4.78, 5) is 13.1. The molecule has 4 aromatic carbocycles. The molecule has 0 amide bonds. The molecule has 0 bridgehead atoms. The van der Waals surface area contributed by atoms with Crippen LogP contribution in [0.25, 0.3) is 11.1 Å². The number of fused-ring (bicyclic) bond motifs is 6. The summed E-state index contributed by atoms with van der Waals surface area (Å²) < 4.78 is 12.5. The molecule has 6 rings (SSSR count). The molecule has 0 aromatic heterocycles. The first-order chi connectivity index (χ1) is 15.9. The topological polar surface area (TPSA) is 76.0 Å². The second-order valence-electron chi connectivity index (χ2n) is 8.53. The molecule has 0 aliphatic carbocycles. The zero-order valence-corrected chi connectivity index (χ0v) is 18.0. The SMILES string of the molecule is Cc1cccc(C)c1-c1cc(O)cc2c1C1(OC(=O)c3ccccc31)c1ccc(O)cc1O2. The fourth-order valence-corrected chi connectivity index (χ4v) is 5.22. The fraction of sp³-hybridized carbons (Fsp3) is 0.107. The minimum absolute atomic E-state index is 0.0279. The van der Waals surface area contributed by atoms with Crippen LogP contribution in [-0.2, 0) is 10.3 Å². The standard InChI is InChI=1S/C28H20O5/c1-15-6-5-7-16(2)25(15)20-12-18(30)14-24-26(20)28(22-11-10-17(29)13-23(22)32-24)21-9-4-3-8-19(21)27(31)33-28/h3-14,29-30H,1-2H3. The fourth-order valence-electron chi connectivity index (χ4n) is 5.22. The highest BCUT2D eigenvalue weighted by Crippen LogP contribution is 2.59. The number of rotatable bonds is 1. The van der Waals surface area contributed by atoms with Crippen molar-refractivity contribution in [2.24, 2.45) is 0 Å². The number of benzene rings is 4. The first-order valence-corrected chi connectivity index (χ1v) is 10.7. The molecular formula is C28H20O5. The normalized spacial score (nSPS) is 17.7. The third kappa shape index (κ3) is 2.56. The molecule has 2 N–H and O–H groups in total. The molecule has 1 atom stereocenters. The number of carbonyl (C=O) groups excluding carboxylic acids is 1. The molecule has 2 heterocycles. The van der Waals surface area contributed by atoms with Gasteiger partial charge in [-0.15, -0.1) is 0 Å². The highest BCUT2D eigenvalue weighted by atomic mass is 16.6. The summed E-state index contributed by atoms with van der Waals surface area (Å²) in [6.45, 7) is 4.02. The molecule has 2 aliphatic heterocycles. The quantitative estimate of drug-likeness (QED) is 0.361. The van der Waals surface area contributed by atoms with Crippen molar-refractivity contribution < 1.29 is 24.5 Å². The Balaban J connectivity index is 1.80. The second kappa shape index (κ2) is 6.62. The van der Waals surface area contributed by atoms with Crippen molar-refractivity contribution in [1.29, 1.82) is 0 Å². The maximum absolute atomic E-state index is 13.1. The lowest BCUT2D eigenvalue weighted by molar-refractivity contribution is 0.0226. The van der Waals surface area contributed by atoms with Gasteiger partial charge in [-0.3, -0.25) is 0 Å². The number of phenols is 2. The van der Waals surface area contributed by atoms with Crippen molar-refractivity contribution in [3.63, 3.8) is 0 Å². The van der Waals surface area contributed by atoms with E-state index in [9.17, 15) is 15.0 Å². The van der Waals surface area contributed by atoms with Crippen LogP contribution in [0.4, 0.5) is 0 Å². The van der Waals surface area contributed by atoms with Gasteiger partial charge in [-0.2, -0.15) is 0 Å². The van der Waals surface area contributed by atoms with E-state index in [0.29, 0.717) is 33.8 Å². The largest absolute Gasteiger partial charge is 0.508 e. The summed E-state index contributed by atoms with van der Waals surface area (Å²) in [7, 11) is 0. The van der Waals surface area contributed by atoms with Crippen molar-refractivity contribution in [3.05, 3.63) is 106 Å². The molecule has 2 aliphatic rings. The van der Waals surface area contributed by atoms with Crippen LogP contribution < -0.4 is 4.74 Å². The Bertz CT molecular complexity index is 1470. The molecule has 1 spiro atoms. The first-order valence-electron chi connectivity index (χ1n) is 10.7. The van der Waals surface area contributed by atoms with E-state index in [0.717, 1.165) is 22.3 Å². The van der Waals surface area contributed by atoms with Crippen LogP contribution in [0.5, 0.6) is 23.0 Å². The van der Waals surface area contributed by atoms with Gasteiger partial charge in [-0.1, -0.05) is 36.4 Å². The number of ether oxygens (including phenoxy) is 2. The van der Waals surface area contributed by atoms with Crippen molar-refractivity contribution >= 4 is 5.97 Å². The van der Waals surface area contributed by atoms with Gasteiger partial charge in [0.25, 0.3) is 0 Å². The molecule has 0 saturated carbocycles. The number of hydrogen-bond acceptors (Lipinski definition) is 5. The lowest BCUT2D eigenvalue weighted by Gasteiger charge is -2.38. The number of carbonyl (C=O) groups is 1. The van der Waals surface area contributed by atoms with Gasteiger partial charge in [0.2, 0.25) is 0 Å². The average Bonchev–Trinajstić information content (AvgIpc) is 3.06. The summed E-state index contributed by atoms with van der Waals surface area (Å²) in [6, 6.07) is 21.3. The predicted octanol–water partition coefficient (Wildman–Crippen LogP) is 5.95. The van der Waals surface area contributed by atoms with Gasteiger partial charge in [0.05, 0.1) is 11.1 Å². The van der Waals surface area contributed by atoms with Gasteiger partial charge in [-0.05, 0) is 60.4 Å². The smallest absolute Gasteiger partial charge is 0.340 e. The monoisotopic (exact) mass is 436 g/mol. The van der Waals surface area contributed by atoms with Gasteiger partial charge >= 0.3 is 5.97 Å². The maximum Gasteiger partial charge on any atom is 0.340 e. The lowest BCUT2D eigenvalue weighted by atomic mass is 9.74. The molecule has 0 fully saturated rings. The van der Waals surface area contributed by atoms with Crippen LogP contribution in [0.1, 0.15) is 38.2 Å². The molecule has 0 saturated heterocycles. The summed E-state index contributed by atoms with van der Waals surface area (Å²) in [5.74, 6) is 0.362. The minimum Gasteiger partial charge on any atom is -0.508 e. The summed E-state index contributed by atoms with van der Waals surface area (Å²) in [6.07, 6.45) is 0. The zero-order chi connectivity index (χ0) is 22.9. The summed E-state index contributed by atoms with van der Waals surface area (Å²) in [5.41, 5.74) is 4.86. The van der Waals surface area contributed by atoms with Gasteiger partial charge in [-0.25, -0.2) is 4.79 Å². The van der Waals surface area contributed by atoms with Crippen LogP contribution in [0.3, 0.4) is 0 Å². The Hall–Kier alpha value is -4.25. The number of phenolic OH excluding ortho intramolecular Hbond substituents is 2. The molecule has 5 nitrogen and oxygen atoms in total. The van der Waals surface area contributed by atoms with Crippen molar-refractivity contribution in [1.82, 2.24) is 0 Å². The lowest BCUT2D eigenvalue weighted by Crippen LogP contribution is -2.33. The molecular weight excluding hydrogens is 416 g/mol. The minimum atomic E-state index is -1.29. The van der Waals surface area contributed by atoms with E-state index in [4.69, 9.17) is 9.47 Å². The van der Waals surface area contributed by atoms with Crippen LogP contribution in [0, 0.1) is 13.8 Å². The zero-order valence-electron chi connectivity index (χ0n) is 18.0. The Morgan fingerprint density at radius 3 is 2.24 bits per heavy atom. The summed E-state index contributed by atoms with van der Waals surface area (Å²) >= 11 is 0. The van der Waals surface area contributed by atoms with Gasteiger partial charge in [0, 0.05) is 23.3 Å². The summed E-state index contributed by atoms with van der Waals surface area (Å²) in [5, 5.41) is 20.8. The van der Waals surface area contributed by atoms with Crippen LogP contribution >= 0.6 is 0 Å². The second-order valence-corrected chi connectivity index (χ2v) is 8.53. The van der Waals surface area contributed by atoms with Crippen molar-refractivity contribution in [3.8, 4) is 34.1 Å². The number of aryl methyl sites for hydroxylation is 2. The van der Waals surface area contributed by atoms with Gasteiger partial charge in [0.1, 0.15) is 23.0 Å². The molecule has 162 valence electrons. The molecule has 5 heteroatoms. The third-order valence-electron chi connectivity index (χ3n) is 6.53. The van der Waals surface area contributed by atoms with E-state index in [1.807, 2.05) is 44.2 Å². The van der Waals surface area contributed by atoms with E-state index >= 15 is 0 Å². The van der Waals surface area contributed by atoms with Gasteiger partial charge in [0.15, 0.2) is 5.60 Å². The molecule has 4 aromatic rings. The highest BCUT2D eigenvalue weighted by molar-refractivity contribution is 5.98. The predicted molar refractivity (Wildman–Crippen MR) is 123 cm³/mol. The Morgan fingerprint density at radius 2 is 1.45 bits per heavy atom. The maximum atomic E-state index is 13.1. The highest BCUT2D eigenvalue weighted by Gasteiger charge is 2.55. The van der Waals surface area contributed by atoms with E-state index in [1.165, 1.54) is 12.1 Å². The Labute approximate surface area is 190 Å². The van der Waals surface area contributed by atoms with Gasteiger partial charge < -0.3 is 19.7 Å². The van der Waals surface area contributed by atoms with E-state index in [-0.39, 0.29) is 11.5 Å². The number of hydrogen-bond donors (Lipinski definition) is 2. The van der Waals surface area contributed by atoms with Crippen molar-refractivity contribution in [2.75, 3.05) is 0 Å². The van der Waals surface area contributed by atoms with Crippen molar-refractivity contribution in [2.45, 2.75) is 19.4 Å². The van der Waals surface area contributed by atoms with Crippen LogP contribution in [-0.4, -0.2) is 16.2 Å². The van der Waals surface area contributed by atoms with E-state index < -0.39 is 11.6 Å². The first kappa shape index (κ1) is 19.4. The average molecular weight is 436 g/mol. The number of esters is 1. The molecule has 33 heavy (non-hydrogen) atoms. The molecule has 1 unspecified atom stereocenters.